The van der Waals surface area contributed by atoms with E-state index >= 15 is 0 Å². The zero-order valence-corrected chi connectivity index (χ0v) is 19.1. The first-order valence-corrected chi connectivity index (χ1v) is 12.5. The summed E-state index contributed by atoms with van der Waals surface area (Å²) in [6.07, 6.45) is 6.89. The van der Waals surface area contributed by atoms with E-state index in [4.69, 9.17) is 11.6 Å². The molecule has 0 radical (unpaired) electrons. The normalized spacial score (nSPS) is 14.7. The minimum absolute atomic E-state index is 0.0158. The highest BCUT2D eigenvalue weighted by atomic mass is 35.5. The number of benzene rings is 1. The molecule has 1 N–H and O–H groups in total. The Morgan fingerprint density at radius 3 is 2.83 bits per heavy atom. The van der Waals surface area contributed by atoms with Crippen molar-refractivity contribution in [3.8, 4) is 0 Å². The van der Waals surface area contributed by atoms with Crippen LogP contribution in [0.2, 0.25) is 5.02 Å². The van der Waals surface area contributed by atoms with Gasteiger partial charge in [0.05, 0.1) is 5.75 Å². The van der Waals surface area contributed by atoms with Crippen molar-refractivity contribution in [1.82, 2.24) is 20.1 Å². The number of halogens is 1. The van der Waals surface area contributed by atoms with Crippen molar-refractivity contribution in [1.29, 1.82) is 0 Å². The zero-order chi connectivity index (χ0) is 20.8. The number of thioether (sulfide) groups is 1. The predicted molar refractivity (Wildman–Crippen MR) is 123 cm³/mol. The number of rotatable bonds is 8. The Hall–Kier alpha value is -1.83. The van der Waals surface area contributed by atoms with Crippen LogP contribution in [0.4, 0.5) is 0 Å². The van der Waals surface area contributed by atoms with E-state index in [1.807, 2.05) is 24.3 Å². The van der Waals surface area contributed by atoms with Crippen LogP contribution in [0, 0.1) is 0 Å². The summed E-state index contributed by atoms with van der Waals surface area (Å²) in [5.74, 6) is 1.31. The first-order valence-electron chi connectivity index (χ1n) is 10.3. The fraction of sp³-hybridized carbons (Fsp3) is 0.409. The van der Waals surface area contributed by atoms with E-state index in [1.54, 1.807) is 11.3 Å². The lowest BCUT2D eigenvalue weighted by Crippen LogP contribution is -2.25. The van der Waals surface area contributed by atoms with Crippen molar-refractivity contribution in [3.05, 3.63) is 63.1 Å². The molecule has 0 spiro atoms. The van der Waals surface area contributed by atoms with E-state index in [-0.39, 0.29) is 5.91 Å². The first-order chi connectivity index (χ1) is 14.7. The predicted octanol–water partition coefficient (Wildman–Crippen LogP) is 5.50. The molecule has 3 aromatic rings. The van der Waals surface area contributed by atoms with Gasteiger partial charge in [0.15, 0.2) is 5.16 Å². The van der Waals surface area contributed by atoms with Crippen LogP contribution in [0.5, 0.6) is 0 Å². The van der Waals surface area contributed by atoms with Gasteiger partial charge in [-0.3, -0.25) is 4.79 Å². The maximum absolute atomic E-state index is 12.4. The van der Waals surface area contributed by atoms with Crippen LogP contribution in [0.25, 0.3) is 0 Å². The van der Waals surface area contributed by atoms with Gasteiger partial charge < -0.3 is 9.88 Å². The maximum Gasteiger partial charge on any atom is 0.230 e. The van der Waals surface area contributed by atoms with E-state index in [1.165, 1.54) is 35.9 Å². The molecular formula is C22H25ClN4OS2. The molecule has 0 bridgehead atoms. The third-order valence-electron chi connectivity index (χ3n) is 5.30. The molecule has 1 aliphatic rings. The Bertz CT molecular complexity index is 967. The summed E-state index contributed by atoms with van der Waals surface area (Å²) >= 11 is 9.23. The second-order valence-electron chi connectivity index (χ2n) is 7.51. The molecule has 4 rings (SSSR count). The fourth-order valence-electron chi connectivity index (χ4n) is 3.83. The lowest BCUT2D eigenvalue weighted by molar-refractivity contribution is -0.118. The van der Waals surface area contributed by atoms with E-state index in [0.717, 1.165) is 35.8 Å². The number of hydrogen-bond acceptors (Lipinski definition) is 5. The van der Waals surface area contributed by atoms with E-state index in [2.05, 4.69) is 37.6 Å². The molecule has 5 nitrogen and oxygen atoms in total. The van der Waals surface area contributed by atoms with Gasteiger partial charge in [-0.2, -0.15) is 0 Å². The molecule has 0 saturated heterocycles. The summed E-state index contributed by atoms with van der Waals surface area (Å²) in [5, 5.41) is 15.5. The highest BCUT2D eigenvalue weighted by Gasteiger charge is 2.23. The monoisotopic (exact) mass is 460 g/mol. The fourth-order valence-corrected chi connectivity index (χ4v) is 5.60. The van der Waals surface area contributed by atoms with Gasteiger partial charge in [-0.15, -0.1) is 21.5 Å². The lowest BCUT2D eigenvalue weighted by Gasteiger charge is -2.25. The number of amides is 1. The number of hydrogen-bond donors (Lipinski definition) is 1. The van der Waals surface area contributed by atoms with Gasteiger partial charge in [-0.25, -0.2) is 0 Å². The Labute approximate surface area is 190 Å². The molecule has 1 aliphatic carbocycles. The molecule has 0 aliphatic heterocycles. The first kappa shape index (κ1) is 21.4. The number of nitrogens with one attached hydrogen (secondary N) is 1. The van der Waals surface area contributed by atoms with Crippen molar-refractivity contribution < 1.29 is 4.79 Å². The zero-order valence-electron chi connectivity index (χ0n) is 16.7. The number of carbonyl (C=O) groups excluding carboxylic acids is 1. The average molecular weight is 461 g/mol. The Morgan fingerprint density at radius 1 is 1.20 bits per heavy atom. The largest absolute Gasteiger partial charge is 0.351 e. The van der Waals surface area contributed by atoms with Crippen LogP contribution in [0.1, 0.15) is 54.4 Å². The highest BCUT2D eigenvalue weighted by Crippen LogP contribution is 2.33. The molecule has 2 aromatic heterocycles. The van der Waals surface area contributed by atoms with Gasteiger partial charge in [-0.05, 0) is 42.0 Å². The highest BCUT2D eigenvalue weighted by molar-refractivity contribution is 7.99. The van der Waals surface area contributed by atoms with Crippen LogP contribution in [0.3, 0.4) is 0 Å². The Balaban J connectivity index is 1.41. The number of carbonyl (C=O) groups is 1. The van der Waals surface area contributed by atoms with Crippen molar-refractivity contribution in [2.45, 2.75) is 56.3 Å². The van der Waals surface area contributed by atoms with Crippen molar-refractivity contribution in [3.63, 3.8) is 0 Å². The topological polar surface area (TPSA) is 59.8 Å². The summed E-state index contributed by atoms with van der Waals surface area (Å²) in [5.41, 5.74) is 0.990. The summed E-state index contributed by atoms with van der Waals surface area (Å²) in [6.45, 7) is 0.471. The van der Waals surface area contributed by atoms with E-state index in [0.29, 0.717) is 23.4 Å². The standard InChI is InChI=1S/C22H25ClN4OS2/c23-17-7-4-6-16(12-17)14-24-21(28)15-30-22-26-25-20(13-19-10-5-11-29-19)27(22)18-8-2-1-3-9-18/h4-7,10-12,18H,1-3,8-9,13-15H2,(H,24,28). The van der Waals surface area contributed by atoms with Crippen molar-refractivity contribution >= 4 is 40.6 Å². The number of aromatic nitrogens is 3. The molecule has 1 saturated carbocycles. The smallest absolute Gasteiger partial charge is 0.230 e. The minimum atomic E-state index is -0.0158. The van der Waals surface area contributed by atoms with Crippen LogP contribution >= 0.6 is 34.7 Å². The van der Waals surface area contributed by atoms with Gasteiger partial charge in [0.25, 0.3) is 0 Å². The van der Waals surface area contributed by atoms with E-state index in [9.17, 15) is 4.79 Å². The third-order valence-corrected chi connectivity index (χ3v) is 7.35. The number of nitrogens with zero attached hydrogens (tertiary/aromatic N) is 3. The summed E-state index contributed by atoms with van der Waals surface area (Å²) in [4.78, 5) is 13.7. The van der Waals surface area contributed by atoms with Crippen LogP contribution in [0.15, 0.2) is 46.9 Å². The lowest BCUT2D eigenvalue weighted by atomic mass is 9.95. The molecule has 8 heteroatoms. The number of thiophene rings is 1. The molecular weight excluding hydrogens is 436 g/mol. The van der Waals surface area contributed by atoms with Gasteiger partial charge in [0.1, 0.15) is 5.82 Å². The molecule has 1 amide bonds. The Morgan fingerprint density at radius 2 is 2.07 bits per heavy atom. The molecule has 30 heavy (non-hydrogen) atoms. The van der Waals surface area contributed by atoms with E-state index < -0.39 is 0 Å². The van der Waals surface area contributed by atoms with Crippen molar-refractivity contribution in [2.24, 2.45) is 0 Å². The van der Waals surface area contributed by atoms with Gasteiger partial charge in [0.2, 0.25) is 5.91 Å². The molecule has 158 valence electrons. The van der Waals surface area contributed by atoms with Crippen LogP contribution < -0.4 is 5.32 Å². The van der Waals surface area contributed by atoms with Crippen LogP contribution in [-0.4, -0.2) is 26.4 Å². The minimum Gasteiger partial charge on any atom is -0.351 e. The summed E-state index contributed by atoms with van der Waals surface area (Å²) < 4.78 is 2.30. The van der Waals surface area contributed by atoms with Gasteiger partial charge >= 0.3 is 0 Å². The summed E-state index contributed by atoms with van der Waals surface area (Å²) in [7, 11) is 0. The second kappa shape index (κ2) is 10.5. The molecule has 0 unspecified atom stereocenters. The SMILES string of the molecule is O=C(CSc1nnc(Cc2cccs2)n1C1CCCCC1)NCc1cccc(Cl)c1. The quantitative estimate of drug-likeness (QED) is 0.451. The second-order valence-corrected chi connectivity index (χ2v) is 9.92. The third kappa shape index (κ3) is 5.65. The van der Waals surface area contributed by atoms with Gasteiger partial charge in [-0.1, -0.05) is 60.8 Å². The molecule has 2 heterocycles. The van der Waals surface area contributed by atoms with Crippen LogP contribution in [-0.2, 0) is 17.8 Å². The Kier molecular flexibility index (Phi) is 7.47. The average Bonchev–Trinajstić information content (AvgIpc) is 3.42. The maximum atomic E-state index is 12.4. The molecule has 1 aromatic carbocycles. The summed E-state index contributed by atoms with van der Waals surface area (Å²) in [6, 6.07) is 12.2. The molecule has 0 atom stereocenters. The van der Waals surface area contributed by atoms with Crippen molar-refractivity contribution in [2.75, 3.05) is 5.75 Å². The molecule has 1 fully saturated rings. The van der Waals surface area contributed by atoms with Gasteiger partial charge in [0, 0.05) is 28.9 Å².